The summed E-state index contributed by atoms with van der Waals surface area (Å²) < 4.78 is 1.83. The van der Waals surface area contributed by atoms with E-state index in [9.17, 15) is 10.1 Å². The summed E-state index contributed by atoms with van der Waals surface area (Å²) >= 11 is 0. The van der Waals surface area contributed by atoms with Gasteiger partial charge in [-0.3, -0.25) is 10.1 Å². The van der Waals surface area contributed by atoms with Crippen LogP contribution in [0.25, 0.3) is 0 Å². The molecule has 0 bridgehead atoms. The van der Waals surface area contributed by atoms with Crippen molar-refractivity contribution in [2.24, 2.45) is 7.05 Å². The number of nitrogens with zero attached hydrogens (tertiary/aromatic N) is 3. The Kier molecular flexibility index (Phi) is 3.01. The Bertz CT molecular complexity index is 587. The number of benzene rings is 1. The number of nitro benzene ring substituents is 1. The second-order valence-corrected chi connectivity index (χ2v) is 4.16. The highest BCUT2D eigenvalue weighted by Crippen LogP contribution is 2.18. The molecule has 2 aromatic rings. The molecule has 0 fully saturated rings. The molecule has 0 unspecified atom stereocenters. The maximum Gasteiger partial charge on any atom is 0.269 e. The normalized spacial score (nSPS) is 10.6. The first kappa shape index (κ1) is 12.1. The quantitative estimate of drug-likeness (QED) is 0.660. The van der Waals surface area contributed by atoms with Crippen molar-refractivity contribution < 1.29 is 4.92 Å². The van der Waals surface area contributed by atoms with Gasteiger partial charge in [0.05, 0.1) is 10.6 Å². The van der Waals surface area contributed by atoms with Crippen molar-refractivity contribution in [3.8, 4) is 0 Å². The monoisotopic (exact) mass is 246 g/mol. The molecule has 0 aliphatic rings. The lowest BCUT2D eigenvalue weighted by atomic mass is 10.1. The third kappa shape index (κ3) is 2.17. The van der Waals surface area contributed by atoms with Crippen LogP contribution in [0.4, 0.5) is 11.6 Å². The zero-order valence-electron chi connectivity index (χ0n) is 10.3. The van der Waals surface area contributed by atoms with Crippen LogP contribution in [0.1, 0.15) is 17.0 Å². The van der Waals surface area contributed by atoms with E-state index in [1.165, 1.54) is 12.1 Å². The van der Waals surface area contributed by atoms with Crippen molar-refractivity contribution in [3.63, 3.8) is 0 Å². The third-order valence-electron chi connectivity index (χ3n) is 2.97. The van der Waals surface area contributed by atoms with Gasteiger partial charge >= 0.3 is 0 Å². The van der Waals surface area contributed by atoms with E-state index in [2.05, 4.69) is 4.98 Å². The minimum Gasteiger partial charge on any atom is -0.369 e. The summed E-state index contributed by atoms with van der Waals surface area (Å²) in [5, 5.41) is 10.6. The Morgan fingerprint density at radius 2 is 2.00 bits per heavy atom. The van der Waals surface area contributed by atoms with Gasteiger partial charge < -0.3 is 10.3 Å². The Morgan fingerprint density at radius 3 is 2.44 bits per heavy atom. The summed E-state index contributed by atoms with van der Waals surface area (Å²) in [5.74, 6) is 0.476. The van der Waals surface area contributed by atoms with E-state index in [0.29, 0.717) is 12.4 Å². The average Bonchev–Trinajstić information content (AvgIpc) is 2.57. The summed E-state index contributed by atoms with van der Waals surface area (Å²) in [6, 6.07) is 6.51. The molecule has 0 aliphatic carbocycles. The first-order valence-corrected chi connectivity index (χ1v) is 5.50. The molecule has 94 valence electrons. The van der Waals surface area contributed by atoms with Crippen LogP contribution in [0, 0.1) is 17.0 Å². The van der Waals surface area contributed by atoms with Gasteiger partial charge in [0.1, 0.15) is 0 Å². The molecule has 0 spiro atoms. The molecule has 6 heteroatoms. The molecule has 2 N–H and O–H groups in total. The van der Waals surface area contributed by atoms with Crippen LogP contribution >= 0.6 is 0 Å². The standard InChI is InChI=1S/C12H14N4O2/c1-8-11(15(2)12(13)14-8)7-9-3-5-10(6-4-9)16(17)18/h3-6H,7H2,1-2H3,(H2,13,14). The van der Waals surface area contributed by atoms with Crippen LogP contribution in [0.15, 0.2) is 24.3 Å². The number of rotatable bonds is 3. The summed E-state index contributed by atoms with van der Waals surface area (Å²) in [5.41, 5.74) is 8.71. The first-order valence-electron chi connectivity index (χ1n) is 5.50. The lowest BCUT2D eigenvalue weighted by molar-refractivity contribution is -0.384. The molecule has 0 saturated carbocycles. The van der Waals surface area contributed by atoms with Crippen LogP contribution < -0.4 is 5.73 Å². The van der Waals surface area contributed by atoms with Gasteiger partial charge in [0.15, 0.2) is 5.95 Å². The number of non-ortho nitro benzene ring substituents is 1. The maximum absolute atomic E-state index is 10.6. The van der Waals surface area contributed by atoms with Gasteiger partial charge in [0.25, 0.3) is 5.69 Å². The highest BCUT2D eigenvalue weighted by atomic mass is 16.6. The van der Waals surface area contributed by atoms with E-state index < -0.39 is 4.92 Å². The minimum absolute atomic E-state index is 0.0972. The number of hydrogen-bond donors (Lipinski definition) is 1. The second-order valence-electron chi connectivity index (χ2n) is 4.16. The molecule has 1 heterocycles. The van der Waals surface area contributed by atoms with Crippen LogP contribution in [0.5, 0.6) is 0 Å². The zero-order chi connectivity index (χ0) is 13.3. The fourth-order valence-corrected chi connectivity index (χ4v) is 1.87. The summed E-state index contributed by atoms with van der Waals surface area (Å²) in [4.78, 5) is 14.3. The Morgan fingerprint density at radius 1 is 1.39 bits per heavy atom. The third-order valence-corrected chi connectivity index (χ3v) is 2.97. The molecule has 0 atom stereocenters. The van der Waals surface area contributed by atoms with Gasteiger partial charge in [-0.15, -0.1) is 0 Å². The van der Waals surface area contributed by atoms with Gasteiger partial charge in [-0.1, -0.05) is 12.1 Å². The predicted octanol–water partition coefficient (Wildman–Crippen LogP) is 1.81. The van der Waals surface area contributed by atoms with Crippen molar-refractivity contribution in [1.82, 2.24) is 9.55 Å². The first-order chi connectivity index (χ1) is 8.49. The smallest absolute Gasteiger partial charge is 0.269 e. The number of nitrogens with two attached hydrogens (primary N) is 1. The summed E-state index contributed by atoms with van der Waals surface area (Å²) in [6.07, 6.45) is 0.657. The molecule has 6 nitrogen and oxygen atoms in total. The van der Waals surface area contributed by atoms with E-state index in [1.807, 2.05) is 18.5 Å². The van der Waals surface area contributed by atoms with Crippen LogP contribution in [-0.2, 0) is 13.5 Å². The van der Waals surface area contributed by atoms with Crippen molar-refractivity contribution >= 4 is 11.6 Å². The number of nitrogen functional groups attached to an aromatic ring is 1. The van der Waals surface area contributed by atoms with Crippen LogP contribution in [0.3, 0.4) is 0 Å². The molecule has 1 aromatic carbocycles. The lowest BCUT2D eigenvalue weighted by Gasteiger charge is -2.04. The van der Waals surface area contributed by atoms with E-state index in [1.54, 1.807) is 12.1 Å². The van der Waals surface area contributed by atoms with E-state index in [-0.39, 0.29) is 5.69 Å². The number of aryl methyl sites for hydroxylation is 1. The van der Waals surface area contributed by atoms with Gasteiger partial charge in [-0.05, 0) is 12.5 Å². The van der Waals surface area contributed by atoms with Crippen molar-refractivity contribution in [2.75, 3.05) is 5.73 Å². The number of nitro groups is 1. The molecule has 18 heavy (non-hydrogen) atoms. The molecule has 0 aliphatic heterocycles. The maximum atomic E-state index is 10.6. The van der Waals surface area contributed by atoms with Gasteiger partial charge in [-0.2, -0.15) is 0 Å². The summed E-state index contributed by atoms with van der Waals surface area (Å²) in [6.45, 7) is 1.90. The highest BCUT2D eigenvalue weighted by Gasteiger charge is 2.10. The molecule has 1 aromatic heterocycles. The van der Waals surface area contributed by atoms with Crippen LogP contribution in [0.2, 0.25) is 0 Å². The molecule has 0 amide bonds. The van der Waals surface area contributed by atoms with Crippen LogP contribution in [-0.4, -0.2) is 14.5 Å². The number of hydrogen-bond acceptors (Lipinski definition) is 4. The minimum atomic E-state index is -0.406. The molecule has 0 saturated heterocycles. The van der Waals surface area contributed by atoms with E-state index >= 15 is 0 Å². The van der Waals surface area contributed by atoms with Crippen molar-refractivity contribution in [1.29, 1.82) is 0 Å². The Balaban J connectivity index is 2.26. The van der Waals surface area contributed by atoms with Crippen molar-refractivity contribution in [3.05, 3.63) is 51.3 Å². The SMILES string of the molecule is Cc1nc(N)n(C)c1Cc1ccc([N+](=O)[O-])cc1. The van der Waals surface area contributed by atoms with E-state index in [0.717, 1.165) is 17.0 Å². The fraction of sp³-hybridized carbons (Fsp3) is 0.250. The van der Waals surface area contributed by atoms with Gasteiger partial charge in [0, 0.05) is 31.3 Å². The number of anilines is 1. The Labute approximate surface area is 104 Å². The lowest BCUT2D eigenvalue weighted by Crippen LogP contribution is -2.02. The predicted molar refractivity (Wildman–Crippen MR) is 68.3 cm³/mol. The zero-order valence-corrected chi connectivity index (χ0v) is 10.3. The summed E-state index contributed by atoms with van der Waals surface area (Å²) in [7, 11) is 1.86. The van der Waals surface area contributed by atoms with Gasteiger partial charge in [0.2, 0.25) is 0 Å². The highest BCUT2D eigenvalue weighted by molar-refractivity contribution is 5.37. The largest absolute Gasteiger partial charge is 0.369 e. The number of aromatic nitrogens is 2. The fourth-order valence-electron chi connectivity index (χ4n) is 1.87. The van der Waals surface area contributed by atoms with Crippen molar-refractivity contribution in [2.45, 2.75) is 13.3 Å². The molecular formula is C12H14N4O2. The molecule has 2 rings (SSSR count). The molecular weight excluding hydrogens is 232 g/mol. The van der Waals surface area contributed by atoms with Gasteiger partial charge in [-0.25, -0.2) is 4.98 Å². The Hall–Kier alpha value is -2.37. The number of imidazole rings is 1. The topological polar surface area (TPSA) is 87.0 Å². The van der Waals surface area contributed by atoms with E-state index in [4.69, 9.17) is 5.73 Å². The second kappa shape index (κ2) is 4.48. The molecule has 0 radical (unpaired) electrons. The average molecular weight is 246 g/mol.